The first-order valence-electron chi connectivity index (χ1n) is 12.4. The van der Waals surface area contributed by atoms with E-state index in [0.29, 0.717) is 0 Å². The summed E-state index contributed by atoms with van der Waals surface area (Å²) in [6, 6.07) is 0.900. The van der Waals surface area contributed by atoms with E-state index in [-0.39, 0.29) is 17.0 Å². The van der Waals surface area contributed by atoms with Gasteiger partial charge in [0.15, 0.2) is 0 Å². The highest BCUT2D eigenvalue weighted by atomic mass is 79.9. The van der Waals surface area contributed by atoms with Gasteiger partial charge in [-0.1, -0.05) is 84.0 Å². The van der Waals surface area contributed by atoms with Crippen LogP contribution in [0, 0.1) is 0 Å². The van der Waals surface area contributed by atoms with Crippen LogP contribution in [-0.2, 0) is 13.3 Å². The van der Waals surface area contributed by atoms with Gasteiger partial charge in [-0.15, -0.1) is 0 Å². The Hall–Kier alpha value is 0.537. The SMILES string of the molecule is CCCCCCCCCCCCCCCC[N+](C)(C)CCC[Si](OC)(OC)OC.[Br-]. The van der Waals surface area contributed by atoms with Crippen molar-refractivity contribution in [1.29, 1.82) is 0 Å². The Morgan fingerprint density at radius 2 is 0.867 bits per heavy atom. The number of quaternary nitrogens is 1. The van der Waals surface area contributed by atoms with Gasteiger partial charge in [0.25, 0.3) is 0 Å². The Kier molecular flexibility index (Phi) is 23.3. The van der Waals surface area contributed by atoms with Crippen LogP contribution in [-0.4, -0.2) is 61.8 Å². The lowest BCUT2D eigenvalue weighted by atomic mass is 10.0. The molecule has 4 nitrogen and oxygen atoms in total. The number of halogens is 1. The van der Waals surface area contributed by atoms with E-state index in [4.69, 9.17) is 13.3 Å². The van der Waals surface area contributed by atoms with Crippen LogP contribution in [0.25, 0.3) is 0 Å². The van der Waals surface area contributed by atoms with Gasteiger partial charge in [-0.3, -0.25) is 0 Å². The van der Waals surface area contributed by atoms with Gasteiger partial charge in [0, 0.05) is 33.8 Å². The average molecular weight is 513 g/mol. The second-order valence-electron chi connectivity index (χ2n) is 9.38. The Labute approximate surface area is 201 Å². The lowest BCUT2D eigenvalue weighted by Gasteiger charge is -2.31. The van der Waals surface area contributed by atoms with E-state index in [9.17, 15) is 0 Å². The van der Waals surface area contributed by atoms with Gasteiger partial charge in [0.1, 0.15) is 0 Å². The second kappa shape index (κ2) is 21.4. The molecule has 0 aromatic carbocycles. The fourth-order valence-electron chi connectivity index (χ4n) is 4.13. The van der Waals surface area contributed by atoms with Gasteiger partial charge < -0.3 is 34.7 Å². The molecule has 0 amide bonds. The largest absolute Gasteiger partial charge is 1.00 e. The molecule has 0 aliphatic heterocycles. The zero-order valence-electron chi connectivity index (χ0n) is 21.3. The van der Waals surface area contributed by atoms with Crippen molar-refractivity contribution in [3.63, 3.8) is 0 Å². The van der Waals surface area contributed by atoms with Crippen molar-refractivity contribution in [3.8, 4) is 0 Å². The number of hydrogen-bond acceptors (Lipinski definition) is 3. The molecular weight excluding hydrogens is 458 g/mol. The predicted octanol–water partition coefficient (Wildman–Crippen LogP) is 3.82. The monoisotopic (exact) mass is 511 g/mol. The van der Waals surface area contributed by atoms with Crippen LogP contribution in [0.2, 0.25) is 6.04 Å². The normalized spacial score (nSPS) is 12.2. The van der Waals surface area contributed by atoms with Gasteiger partial charge in [-0.2, -0.15) is 0 Å². The minimum Gasteiger partial charge on any atom is -1.00 e. The van der Waals surface area contributed by atoms with E-state index < -0.39 is 8.80 Å². The van der Waals surface area contributed by atoms with E-state index in [1.54, 1.807) is 21.3 Å². The minimum atomic E-state index is -2.40. The third kappa shape index (κ3) is 18.1. The fraction of sp³-hybridized carbons (Fsp3) is 1.00. The Balaban J connectivity index is 0. The summed E-state index contributed by atoms with van der Waals surface area (Å²) in [6.45, 7) is 4.71. The highest BCUT2D eigenvalue weighted by Crippen LogP contribution is 2.17. The molecule has 0 saturated heterocycles. The molecule has 0 unspecified atom stereocenters. The summed E-state index contributed by atoms with van der Waals surface area (Å²) in [5.41, 5.74) is 0. The molecule has 0 rings (SSSR count). The molecule has 0 saturated carbocycles. The Bertz CT molecular complexity index is 347. The molecule has 0 aromatic heterocycles. The van der Waals surface area contributed by atoms with Crippen LogP contribution in [0.15, 0.2) is 0 Å². The van der Waals surface area contributed by atoms with Crippen molar-refractivity contribution in [2.24, 2.45) is 0 Å². The molecule has 0 bridgehead atoms. The maximum atomic E-state index is 5.53. The van der Waals surface area contributed by atoms with Crippen molar-refractivity contribution >= 4 is 8.80 Å². The van der Waals surface area contributed by atoms with Crippen LogP contribution in [0.3, 0.4) is 0 Å². The van der Waals surface area contributed by atoms with E-state index >= 15 is 0 Å². The predicted molar refractivity (Wildman–Crippen MR) is 128 cm³/mol. The van der Waals surface area contributed by atoms with Crippen LogP contribution in [0.1, 0.15) is 103 Å². The maximum absolute atomic E-state index is 5.53. The summed E-state index contributed by atoms with van der Waals surface area (Å²) >= 11 is 0. The molecule has 30 heavy (non-hydrogen) atoms. The quantitative estimate of drug-likeness (QED) is 0.125. The van der Waals surface area contributed by atoms with Crippen molar-refractivity contribution < 1.29 is 34.7 Å². The van der Waals surface area contributed by atoms with Crippen LogP contribution < -0.4 is 17.0 Å². The van der Waals surface area contributed by atoms with Crippen LogP contribution in [0.4, 0.5) is 0 Å². The van der Waals surface area contributed by atoms with E-state index in [1.165, 1.54) is 96.4 Å². The molecule has 0 spiro atoms. The third-order valence-corrected chi connectivity index (χ3v) is 9.13. The van der Waals surface area contributed by atoms with E-state index in [1.807, 2.05) is 0 Å². The fourth-order valence-corrected chi connectivity index (χ4v) is 5.83. The molecule has 0 aliphatic rings. The molecule has 0 N–H and O–H groups in total. The third-order valence-electron chi connectivity index (χ3n) is 6.30. The van der Waals surface area contributed by atoms with Gasteiger partial charge in [-0.05, 0) is 12.8 Å². The first-order valence-corrected chi connectivity index (χ1v) is 14.4. The molecule has 184 valence electrons. The van der Waals surface area contributed by atoms with Crippen LogP contribution in [0.5, 0.6) is 0 Å². The van der Waals surface area contributed by atoms with Crippen molar-refractivity contribution in [3.05, 3.63) is 0 Å². The minimum absolute atomic E-state index is 0. The molecule has 0 heterocycles. The number of nitrogens with zero attached hydrogens (tertiary/aromatic N) is 1. The first-order chi connectivity index (χ1) is 13.9. The van der Waals surface area contributed by atoms with Crippen molar-refractivity contribution in [2.75, 3.05) is 48.5 Å². The van der Waals surface area contributed by atoms with Crippen LogP contribution >= 0.6 is 0 Å². The first kappa shape index (κ1) is 32.7. The smallest absolute Gasteiger partial charge is 0.500 e. The standard InChI is InChI=1S/C24H54NO3Si.BrH/c1-7-8-9-10-11-12-13-14-15-16-17-18-19-20-22-25(2,3)23-21-24-29(26-4,27-5)28-6;/h7-24H2,1-6H3;1H/q+1;/p-1. The molecule has 6 heteroatoms. The van der Waals surface area contributed by atoms with Gasteiger partial charge in [0.05, 0.1) is 27.2 Å². The van der Waals surface area contributed by atoms with Gasteiger partial charge >= 0.3 is 8.80 Å². The topological polar surface area (TPSA) is 27.7 Å². The average Bonchev–Trinajstić information content (AvgIpc) is 2.71. The Morgan fingerprint density at radius 1 is 0.533 bits per heavy atom. The summed E-state index contributed by atoms with van der Waals surface area (Å²) in [4.78, 5) is 0. The zero-order chi connectivity index (χ0) is 21.8. The molecule has 0 atom stereocenters. The van der Waals surface area contributed by atoms with E-state index in [2.05, 4.69) is 21.0 Å². The number of hydrogen-bond donors (Lipinski definition) is 0. The van der Waals surface area contributed by atoms with Crippen molar-refractivity contribution in [1.82, 2.24) is 0 Å². The highest BCUT2D eigenvalue weighted by molar-refractivity contribution is 6.60. The molecule has 0 aliphatic carbocycles. The highest BCUT2D eigenvalue weighted by Gasteiger charge is 2.37. The molecule has 0 fully saturated rings. The zero-order valence-corrected chi connectivity index (χ0v) is 23.9. The van der Waals surface area contributed by atoms with Gasteiger partial charge in [-0.25, -0.2) is 0 Å². The lowest BCUT2D eigenvalue weighted by Crippen LogP contribution is -3.00. The second-order valence-corrected chi connectivity index (χ2v) is 12.5. The van der Waals surface area contributed by atoms with Crippen molar-refractivity contribution in [2.45, 2.75) is 109 Å². The molecule has 0 radical (unpaired) electrons. The lowest BCUT2D eigenvalue weighted by molar-refractivity contribution is -0.890. The number of unbranched alkanes of at least 4 members (excludes halogenated alkanes) is 13. The Morgan fingerprint density at radius 3 is 1.23 bits per heavy atom. The van der Waals surface area contributed by atoms with E-state index in [0.717, 1.165) is 23.5 Å². The molecule has 0 aromatic rings. The molecular formula is C24H54BrNO3Si. The summed E-state index contributed by atoms with van der Waals surface area (Å²) in [5, 5.41) is 0. The summed E-state index contributed by atoms with van der Waals surface area (Å²) in [5.74, 6) is 0. The maximum Gasteiger partial charge on any atom is 0.500 e. The summed E-state index contributed by atoms with van der Waals surface area (Å²) < 4.78 is 17.7. The summed E-state index contributed by atoms with van der Waals surface area (Å²) in [7, 11) is 7.40. The number of rotatable bonds is 22. The summed E-state index contributed by atoms with van der Waals surface area (Å²) in [6.07, 6.45) is 21.0. The van der Waals surface area contributed by atoms with Gasteiger partial charge in [0.2, 0.25) is 0 Å².